The molecule has 1 aliphatic rings. The predicted octanol–water partition coefficient (Wildman–Crippen LogP) is -0.735. The van der Waals surface area contributed by atoms with E-state index >= 15 is 0 Å². The number of azide groups is 1. The summed E-state index contributed by atoms with van der Waals surface area (Å²) in [5.74, 6) is -1.38. The van der Waals surface area contributed by atoms with Crippen molar-refractivity contribution in [2.45, 2.75) is 30.3 Å². The first-order chi connectivity index (χ1) is 12.3. The van der Waals surface area contributed by atoms with Gasteiger partial charge in [0.15, 0.2) is 12.4 Å². The molecule has 0 aliphatic carbocycles. The molecule has 0 radical (unpaired) electrons. The summed E-state index contributed by atoms with van der Waals surface area (Å²) in [7, 11) is 0. The molecule has 26 heavy (non-hydrogen) atoms. The Morgan fingerprint density at radius 1 is 1.69 bits per heavy atom. The van der Waals surface area contributed by atoms with E-state index in [-0.39, 0.29) is 11.6 Å². The summed E-state index contributed by atoms with van der Waals surface area (Å²) in [6.45, 7) is -1.01. The largest absolute Gasteiger partial charge is 0.480 e. The van der Waals surface area contributed by atoms with Crippen molar-refractivity contribution in [3.8, 4) is 0 Å². The van der Waals surface area contributed by atoms with Gasteiger partial charge < -0.3 is 25.4 Å². The van der Waals surface area contributed by atoms with Crippen LogP contribution in [0.1, 0.15) is 6.23 Å². The van der Waals surface area contributed by atoms with Gasteiger partial charge in [-0.3, -0.25) is 4.57 Å². The molecular formula is C12H15FN6O6S. The molecule has 2 heterocycles. The fourth-order valence-corrected chi connectivity index (χ4v) is 2.58. The number of anilines is 1. The van der Waals surface area contributed by atoms with Crippen LogP contribution >= 0.6 is 12.6 Å². The number of carbonyl (C=O) groups is 1. The van der Waals surface area contributed by atoms with E-state index in [2.05, 4.69) is 33.0 Å². The Morgan fingerprint density at radius 3 is 2.88 bits per heavy atom. The van der Waals surface area contributed by atoms with Crippen molar-refractivity contribution in [2.24, 2.45) is 5.11 Å². The standard InChI is InChI=1S/C12H15FN6O6S/c13-7-8(21)12(4-20,17-18-14)25-9(7)19-2-1-6(16-11(19)24)15-5(3-26)10(22)23/h1-2,5,7-9,20-21,26H,3-4H2,(H,22,23)(H,15,16,24)/t5-,7-,8-,9+,12+/m0/s1. The molecular weight excluding hydrogens is 375 g/mol. The maximum absolute atomic E-state index is 14.4. The highest BCUT2D eigenvalue weighted by Crippen LogP contribution is 2.39. The number of nitrogens with one attached hydrogen (secondary N) is 1. The molecule has 0 unspecified atom stereocenters. The van der Waals surface area contributed by atoms with Crippen molar-refractivity contribution in [3.05, 3.63) is 33.2 Å². The third kappa shape index (κ3) is 3.59. The number of carboxylic acid groups (broad SMARTS) is 1. The first-order valence-corrected chi connectivity index (χ1v) is 7.79. The Bertz CT molecular complexity index is 788. The van der Waals surface area contributed by atoms with Gasteiger partial charge >= 0.3 is 11.7 Å². The van der Waals surface area contributed by atoms with Gasteiger partial charge in [-0.15, -0.1) is 0 Å². The minimum atomic E-state index is -2.28. The third-order valence-corrected chi connectivity index (χ3v) is 4.07. The molecule has 142 valence electrons. The summed E-state index contributed by atoms with van der Waals surface area (Å²) < 4.78 is 20.2. The Labute approximate surface area is 150 Å². The van der Waals surface area contributed by atoms with Crippen molar-refractivity contribution >= 4 is 24.4 Å². The zero-order valence-electron chi connectivity index (χ0n) is 13.0. The Kier molecular flexibility index (Phi) is 6.05. The van der Waals surface area contributed by atoms with Gasteiger partial charge in [-0.1, -0.05) is 5.11 Å². The van der Waals surface area contributed by atoms with Crippen LogP contribution in [-0.2, 0) is 9.53 Å². The Balaban J connectivity index is 2.31. The molecule has 12 nitrogen and oxygen atoms in total. The molecule has 0 amide bonds. The minimum absolute atomic E-state index is 0.0736. The number of thiol groups is 1. The van der Waals surface area contributed by atoms with Gasteiger partial charge in [-0.05, 0) is 11.6 Å². The van der Waals surface area contributed by atoms with Crippen LogP contribution in [0, 0.1) is 0 Å². The van der Waals surface area contributed by atoms with E-state index in [1.165, 1.54) is 6.07 Å². The molecule has 1 fully saturated rings. The van der Waals surface area contributed by atoms with E-state index < -0.39 is 48.5 Å². The number of hydrogen-bond acceptors (Lipinski definition) is 9. The molecule has 2 rings (SSSR count). The van der Waals surface area contributed by atoms with Crippen molar-refractivity contribution in [1.82, 2.24) is 9.55 Å². The van der Waals surface area contributed by atoms with Crippen LogP contribution in [-0.4, -0.2) is 67.2 Å². The molecule has 1 aliphatic heterocycles. The van der Waals surface area contributed by atoms with Crippen LogP contribution in [0.2, 0.25) is 0 Å². The lowest BCUT2D eigenvalue weighted by Crippen LogP contribution is -2.43. The molecule has 0 saturated carbocycles. The number of aliphatic hydroxyl groups excluding tert-OH is 2. The number of aromatic nitrogens is 2. The predicted molar refractivity (Wildman–Crippen MR) is 87.4 cm³/mol. The number of aliphatic carboxylic acids is 1. The topological polar surface area (TPSA) is 183 Å². The number of rotatable bonds is 7. The highest BCUT2D eigenvalue weighted by molar-refractivity contribution is 7.80. The molecule has 4 N–H and O–H groups in total. The monoisotopic (exact) mass is 390 g/mol. The van der Waals surface area contributed by atoms with Crippen LogP contribution in [0.25, 0.3) is 10.4 Å². The second kappa shape index (κ2) is 7.88. The summed E-state index contributed by atoms with van der Waals surface area (Å²) in [6.07, 6.45) is -4.87. The molecule has 1 saturated heterocycles. The molecule has 0 spiro atoms. The average Bonchev–Trinajstić information content (AvgIpc) is 2.85. The van der Waals surface area contributed by atoms with Gasteiger partial charge in [-0.25, -0.2) is 14.0 Å². The lowest BCUT2D eigenvalue weighted by Gasteiger charge is -2.23. The van der Waals surface area contributed by atoms with Gasteiger partial charge in [-0.2, -0.15) is 17.6 Å². The van der Waals surface area contributed by atoms with Crippen LogP contribution in [0.5, 0.6) is 0 Å². The van der Waals surface area contributed by atoms with Crippen LogP contribution in [0.15, 0.2) is 22.2 Å². The molecule has 0 aromatic carbocycles. The number of nitrogens with zero attached hydrogens (tertiary/aromatic N) is 5. The quantitative estimate of drug-likeness (QED) is 0.175. The molecule has 5 atom stereocenters. The highest BCUT2D eigenvalue weighted by atomic mass is 32.1. The second-order valence-electron chi connectivity index (χ2n) is 5.31. The highest BCUT2D eigenvalue weighted by Gasteiger charge is 2.56. The molecule has 1 aromatic heterocycles. The number of alkyl halides is 1. The summed E-state index contributed by atoms with van der Waals surface area (Å²) in [6, 6.07) is 0.0852. The Morgan fingerprint density at radius 2 is 2.38 bits per heavy atom. The molecule has 14 heteroatoms. The zero-order valence-corrected chi connectivity index (χ0v) is 13.9. The van der Waals surface area contributed by atoms with Crippen LogP contribution < -0.4 is 11.0 Å². The molecule has 0 bridgehead atoms. The van der Waals surface area contributed by atoms with Gasteiger partial charge in [0.25, 0.3) is 0 Å². The number of aliphatic hydroxyl groups is 2. The smallest absolute Gasteiger partial charge is 0.351 e. The van der Waals surface area contributed by atoms with Gasteiger partial charge in [0, 0.05) is 16.9 Å². The van der Waals surface area contributed by atoms with E-state index in [0.29, 0.717) is 4.57 Å². The maximum Gasteiger partial charge on any atom is 0.351 e. The van der Waals surface area contributed by atoms with Crippen molar-refractivity contribution in [2.75, 3.05) is 17.7 Å². The van der Waals surface area contributed by atoms with E-state index in [1.54, 1.807) is 0 Å². The van der Waals surface area contributed by atoms with Gasteiger partial charge in [0.2, 0.25) is 5.72 Å². The van der Waals surface area contributed by atoms with Gasteiger partial charge in [0.05, 0.1) is 6.61 Å². The van der Waals surface area contributed by atoms with E-state index in [1.807, 2.05) is 0 Å². The lowest BCUT2D eigenvalue weighted by molar-refractivity contribution is -0.137. The fraction of sp³-hybridized carbons (Fsp3) is 0.583. The van der Waals surface area contributed by atoms with Crippen LogP contribution in [0.3, 0.4) is 0 Å². The number of carboxylic acids is 1. The summed E-state index contributed by atoms with van der Waals surface area (Å²) in [4.78, 5) is 29.1. The summed E-state index contributed by atoms with van der Waals surface area (Å²) in [5, 5.41) is 33.7. The van der Waals surface area contributed by atoms with Crippen molar-refractivity contribution < 1.29 is 29.2 Å². The zero-order chi connectivity index (χ0) is 19.5. The number of ether oxygens (including phenoxy) is 1. The summed E-state index contributed by atoms with van der Waals surface area (Å²) in [5.41, 5.74) is 5.21. The summed E-state index contributed by atoms with van der Waals surface area (Å²) >= 11 is 3.86. The first kappa shape index (κ1) is 19.9. The van der Waals surface area contributed by atoms with E-state index in [0.717, 1.165) is 6.20 Å². The minimum Gasteiger partial charge on any atom is -0.480 e. The second-order valence-corrected chi connectivity index (χ2v) is 5.68. The third-order valence-electron chi connectivity index (χ3n) is 3.71. The van der Waals surface area contributed by atoms with Gasteiger partial charge in [0.1, 0.15) is 18.0 Å². The Hall–Kier alpha value is -2.38. The lowest BCUT2D eigenvalue weighted by atomic mass is 10.1. The average molecular weight is 390 g/mol. The van der Waals surface area contributed by atoms with Crippen molar-refractivity contribution in [3.63, 3.8) is 0 Å². The first-order valence-electron chi connectivity index (χ1n) is 7.16. The number of hydrogen-bond donors (Lipinski definition) is 5. The fourth-order valence-electron chi connectivity index (χ4n) is 2.33. The van der Waals surface area contributed by atoms with E-state index in [4.69, 9.17) is 15.4 Å². The van der Waals surface area contributed by atoms with Crippen LogP contribution in [0.4, 0.5) is 10.2 Å². The SMILES string of the molecule is [N-]=[N+]=N[C@]1(CO)O[C@@H](n2ccc(N[C@@H](CS)C(=O)O)nc2=O)[C@@H](F)[C@@H]1O. The molecule has 1 aromatic rings. The maximum atomic E-state index is 14.4. The van der Waals surface area contributed by atoms with E-state index in [9.17, 15) is 24.2 Å². The normalized spacial score (nSPS) is 29.0. The number of halogens is 1. The van der Waals surface area contributed by atoms with Crippen molar-refractivity contribution in [1.29, 1.82) is 0 Å².